The number of nitrogens with two attached hydrogens (primary N) is 1. The Morgan fingerprint density at radius 2 is 1.82 bits per heavy atom. The summed E-state index contributed by atoms with van der Waals surface area (Å²) in [5.41, 5.74) is 9.88. The van der Waals surface area contributed by atoms with E-state index in [0.717, 1.165) is 19.5 Å². The number of benzene rings is 2. The molecule has 2 aromatic carbocycles. The molecule has 0 fully saturated rings. The average Bonchev–Trinajstić information content (AvgIpc) is 2.68. The highest BCUT2D eigenvalue weighted by molar-refractivity contribution is 6.04. The van der Waals surface area contributed by atoms with Gasteiger partial charge in [-0.05, 0) is 67.4 Å². The van der Waals surface area contributed by atoms with Crippen LogP contribution in [-0.4, -0.2) is 30.9 Å². The number of hydrogen-bond acceptors (Lipinski definition) is 5. The third-order valence-electron chi connectivity index (χ3n) is 4.16. The molecule has 0 atom stereocenters. The lowest BCUT2D eigenvalue weighted by Crippen LogP contribution is -2.24. The van der Waals surface area contributed by atoms with E-state index < -0.39 is 0 Å². The lowest BCUT2D eigenvalue weighted by molar-refractivity contribution is -0.140. The van der Waals surface area contributed by atoms with E-state index in [1.807, 2.05) is 18.2 Å². The van der Waals surface area contributed by atoms with E-state index in [1.54, 1.807) is 31.2 Å². The summed E-state index contributed by atoms with van der Waals surface area (Å²) < 4.78 is 4.40. The number of amidine groups is 1. The number of carbonyl (C=O) groups excluding carboxylic acids is 2. The van der Waals surface area contributed by atoms with E-state index >= 15 is 0 Å². The van der Waals surface area contributed by atoms with E-state index in [4.69, 9.17) is 11.1 Å². The summed E-state index contributed by atoms with van der Waals surface area (Å²) in [6, 6.07) is 12.8. The van der Waals surface area contributed by atoms with Crippen molar-refractivity contribution < 1.29 is 14.3 Å². The van der Waals surface area contributed by atoms with Crippen molar-refractivity contribution >= 4 is 23.4 Å². The zero-order chi connectivity index (χ0) is 20.5. The van der Waals surface area contributed by atoms with E-state index in [0.29, 0.717) is 23.4 Å². The fourth-order valence-electron chi connectivity index (χ4n) is 2.76. The van der Waals surface area contributed by atoms with Gasteiger partial charge in [0.05, 0.1) is 6.61 Å². The predicted molar refractivity (Wildman–Crippen MR) is 110 cm³/mol. The minimum Gasteiger partial charge on any atom is -0.466 e. The van der Waals surface area contributed by atoms with Gasteiger partial charge >= 0.3 is 5.97 Å². The molecule has 1 aliphatic heterocycles. The monoisotopic (exact) mass is 382 g/mol. The van der Waals surface area contributed by atoms with Crippen LogP contribution in [0.5, 0.6) is 0 Å². The quantitative estimate of drug-likeness (QED) is 0.368. The molecule has 28 heavy (non-hydrogen) atoms. The highest BCUT2D eigenvalue weighted by atomic mass is 16.5. The van der Waals surface area contributed by atoms with Crippen molar-refractivity contribution in [1.82, 2.24) is 5.32 Å². The van der Waals surface area contributed by atoms with Gasteiger partial charge in [0.25, 0.3) is 5.91 Å². The van der Waals surface area contributed by atoms with Crippen LogP contribution < -0.4 is 16.4 Å². The first kappa shape index (κ1) is 21.1. The van der Waals surface area contributed by atoms with Crippen LogP contribution in [0.4, 0.5) is 5.69 Å². The molecule has 1 aliphatic rings. The number of carbonyl (C=O) groups is 2. The van der Waals surface area contributed by atoms with Crippen molar-refractivity contribution in [2.45, 2.75) is 26.8 Å². The first-order valence-electron chi connectivity index (χ1n) is 9.12. The molecule has 0 spiro atoms. The molecule has 0 bridgehead atoms. The normalized spacial score (nSPS) is 12.1. The van der Waals surface area contributed by atoms with E-state index in [2.05, 4.69) is 15.4 Å². The number of ether oxygens (including phenoxy) is 1. The van der Waals surface area contributed by atoms with Crippen molar-refractivity contribution in [3.63, 3.8) is 0 Å². The van der Waals surface area contributed by atoms with Crippen LogP contribution in [0.15, 0.2) is 42.5 Å². The van der Waals surface area contributed by atoms with Crippen LogP contribution in [0.3, 0.4) is 0 Å². The third kappa shape index (κ3) is 6.21. The highest BCUT2D eigenvalue weighted by Gasteiger charge is 2.12. The Morgan fingerprint density at radius 1 is 1.14 bits per heavy atom. The largest absolute Gasteiger partial charge is 0.466 e. The SMILES string of the molecule is CCOC(C)=O.N=C(N)c1ccc(NC(=O)c2ccc3c(c2)CNCC3)cc1. The maximum atomic E-state index is 12.3. The van der Waals surface area contributed by atoms with Crippen LogP contribution in [0.1, 0.15) is 40.9 Å². The van der Waals surface area contributed by atoms with Gasteiger partial charge in [-0.25, -0.2) is 0 Å². The Morgan fingerprint density at radius 3 is 2.39 bits per heavy atom. The maximum Gasteiger partial charge on any atom is 0.302 e. The second-order valence-electron chi connectivity index (χ2n) is 6.28. The molecule has 2 aromatic rings. The Balaban J connectivity index is 0.000000409. The second kappa shape index (κ2) is 10.2. The number of anilines is 1. The highest BCUT2D eigenvalue weighted by Crippen LogP contribution is 2.17. The molecule has 148 valence electrons. The molecule has 0 radical (unpaired) electrons. The molecule has 0 aliphatic carbocycles. The summed E-state index contributed by atoms with van der Waals surface area (Å²) in [5, 5.41) is 13.5. The van der Waals surface area contributed by atoms with Crippen molar-refractivity contribution in [3.05, 3.63) is 64.7 Å². The van der Waals surface area contributed by atoms with Crippen LogP contribution in [0.2, 0.25) is 0 Å². The first-order chi connectivity index (χ1) is 13.4. The lowest BCUT2D eigenvalue weighted by Gasteiger charge is -2.17. The number of esters is 1. The standard InChI is InChI=1S/C17H18N4O.C4H8O2/c18-16(19)12-3-5-15(6-4-12)21-17(22)13-2-1-11-7-8-20-10-14(11)9-13;1-3-6-4(2)5/h1-6,9,20H,7-8,10H2,(H3,18,19)(H,21,22);3H2,1-2H3. The molecule has 3 rings (SSSR count). The summed E-state index contributed by atoms with van der Waals surface area (Å²) >= 11 is 0. The Labute approximate surface area is 164 Å². The van der Waals surface area contributed by atoms with Gasteiger partial charge in [0.2, 0.25) is 0 Å². The Bertz CT molecular complexity index is 847. The van der Waals surface area contributed by atoms with Crippen molar-refractivity contribution in [2.75, 3.05) is 18.5 Å². The number of fused-ring (bicyclic) bond motifs is 1. The van der Waals surface area contributed by atoms with Crippen LogP contribution in [-0.2, 0) is 22.5 Å². The van der Waals surface area contributed by atoms with Crippen LogP contribution in [0.25, 0.3) is 0 Å². The van der Waals surface area contributed by atoms with E-state index in [1.165, 1.54) is 18.1 Å². The molecule has 0 unspecified atom stereocenters. The summed E-state index contributed by atoms with van der Waals surface area (Å²) in [4.78, 5) is 22.1. The molecule has 7 heteroatoms. The zero-order valence-corrected chi connectivity index (χ0v) is 16.2. The number of amides is 1. The summed E-state index contributed by atoms with van der Waals surface area (Å²) in [5.74, 6) is -0.332. The van der Waals surface area contributed by atoms with Crippen molar-refractivity contribution in [1.29, 1.82) is 5.41 Å². The van der Waals surface area contributed by atoms with E-state index in [9.17, 15) is 9.59 Å². The second-order valence-corrected chi connectivity index (χ2v) is 6.28. The van der Waals surface area contributed by atoms with Crippen LogP contribution >= 0.6 is 0 Å². The molecule has 0 saturated heterocycles. The van der Waals surface area contributed by atoms with Gasteiger partial charge in [-0.3, -0.25) is 15.0 Å². The summed E-state index contributed by atoms with van der Waals surface area (Å²) in [7, 11) is 0. The molecule has 0 aromatic heterocycles. The topological polar surface area (TPSA) is 117 Å². The van der Waals surface area contributed by atoms with Crippen molar-refractivity contribution in [3.8, 4) is 0 Å². The third-order valence-corrected chi connectivity index (χ3v) is 4.16. The Kier molecular flexibility index (Phi) is 7.71. The summed E-state index contributed by atoms with van der Waals surface area (Å²) in [6.45, 7) is 5.45. The van der Waals surface area contributed by atoms with Gasteiger partial charge < -0.3 is 21.1 Å². The molecule has 0 saturated carbocycles. The predicted octanol–water partition coefficient (Wildman–Crippen LogP) is 2.44. The molecule has 1 amide bonds. The minimum atomic E-state index is -0.211. The average molecular weight is 382 g/mol. The molecule has 7 nitrogen and oxygen atoms in total. The van der Waals surface area contributed by atoms with Crippen LogP contribution in [0, 0.1) is 5.41 Å². The molecule has 1 heterocycles. The number of nitrogen functional groups attached to an aromatic ring is 1. The number of hydrogen-bond donors (Lipinski definition) is 4. The maximum absolute atomic E-state index is 12.3. The van der Waals surface area contributed by atoms with Gasteiger partial charge in [-0.1, -0.05) is 6.07 Å². The first-order valence-corrected chi connectivity index (χ1v) is 9.12. The zero-order valence-electron chi connectivity index (χ0n) is 16.2. The molecular weight excluding hydrogens is 356 g/mol. The van der Waals surface area contributed by atoms with Gasteiger partial charge in [0, 0.05) is 30.3 Å². The number of nitrogens with one attached hydrogen (secondary N) is 3. The molecular formula is C21H26N4O3. The fourth-order valence-corrected chi connectivity index (χ4v) is 2.76. The minimum absolute atomic E-state index is 0.0139. The number of rotatable bonds is 4. The van der Waals surface area contributed by atoms with Gasteiger partial charge in [-0.2, -0.15) is 0 Å². The smallest absolute Gasteiger partial charge is 0.302 e. The lowest BCUT2D eigenvalue weighted by atomic mass is 9.98. The summed E-state index contributed by atoms with van der Waals surface area (Å²) in [6.07, 6.45) is 1.00. The van der Waals surface area contributed by atoms with Crippen molar-refractivity contribution in [2.24, 2.45) is 5.73 Å². The fraction of sp³-hybridized carbons (Fsp3) is 0.286. The van der Waals surface area contributed by atoms with E-state index in [-0.39, 0.29) is 17.7 Å². The molecule has 5 N–H and O–H groups in total. The van der Waals surface area contributed by atoms with Gasteiger partial charge in [-0.15, -0.1) is 0 Å². The van der Waals surface area contributed by atoms with Gasteiger partial charge in [0.1, 0.15) is 5.84 Å². The Hall–Kier alpha value is -3.19. The van der Waals surface area contributed by atoms with Gasteiger partial charge in [0.15, 0.2) is 0 Å².